The second-order valence-electron chi connectivity index (χ2n) is 5.21. The number of aromatic carboxylic acids is 1. The van der Waals surface area contributed by atoms with Crippen molar-refractivity contribution in [3.63, 3.8) is 0 Å². The van der Waals surface area contributed by atoms with Gasteiger partial charge >= 0.3 is 0 Å². The molecule has 2 aromatic rings. The number of aryl methyl sites for hydroxylation is 1. The van der Waals surface area contributed by atoms with Gasteiger partial charge in [-0.25, -0.2) is 0 Å². The molecule has 7 heteroatoms. The summed E-state index contributed by atoms with van der Waals surface area (Å²) in [5.41, 5.74) is 1.45. The zero-order chi connectivity index (χ0) is 17.1. The summed E-state index contributed by atoms with van der Waals surface area (Å²) >= 11 is 3.33. The third-order valence-electron chi connectivity index (χ3n) is 3.66. The zero-order valence-corrected chi connectivity index (χ0v) is 14.4. The molecule has 124 valence electrons. The number of benzene rings is 1. The molecule has 0 aliphatic heterocycles. The molecule has 0 amide bonds. The fraction of sp³-hybridized carbons (Fsp3) is 0.375. The lowest BCUT2D eigenvalue weighted by atomic mass is 10.1. The minimum atomic E-state index is -1.35. The molecule has 2 rings (SSSR count). The number of fused-ring (bicyclic) bond motifs is 1. The zero-order valence-electron chi connectivity index (χ0n) is 12.8. The number of hydrogen-bond acceptors (Lipinski definition) is 5. The van der Waals surface area contributed by atoms with Gasteiger partial charge < -0.3 is 29.1 Å². The molecule has 1 aromatic carbocycles. The lowest BCUT2D eigenvalue weighted by Gasteiger charge is -2.11. The van der Waals surface area contributed by atoms with E-state index in [-0.39, 0.29) is 11.3 Å². The Hall–Kier alpha value is -2.02. The standard InChI is InChI=1S/C16H18BrNO5/c1-3-4-5-18-9(2)15(16(21)22)10-6-13(23-8-14(19)20)11(17)7-12(10)18/h6-7H,3-5,8H2,1-2H3,(H,19,20)(H,21,22)/p-2. The van der Waals surface area contributed by atoms with Gasteiger partial charge in [0.25, 0.3) is 0 Å². The van der Waals surface area contributed by atoms with Gasteiger partial charge in [0.1, 0.15) is 12.4 Å². The monoisotopic (exact) mass is 381 g/mol. The van der Waals surface area contributed by atoms with Crippen molar-refractivity contribution in [1.29, 1.82) is 0 Å². The van der Waals surface area contributed by atoms with Crippen LogP contribution in [-0.2, 0) is 11.3 Å². The van der Waals surface area contributed by atoms with Gasteiger partial charge in [-0.2, -0.15) is 0 Å². The molecule has 0 atom stereocenters. The highest BCUT2D eigenvalue weighted by Gasteiger charge is 2.17. The van der Waals surface area contributed by atoms with Crippen LogP contribution in [0.5, 0.6) is 5.75 Å². The topological polar surface area (TPSA) is 94.4 Å². The summed E-state index contributed by atoms with van der Waals surface area (Å²) in [6.07, 6.45) is 1.89. The van der Waals surface area contributed by atoms with Crippen molar-refractivity contribution in [2.75, 3.05) is 6.61 Å². The molecule has 0 aliphatic rings. The maximum absolute atomic E-state index is 11.5. The molecule has 0 unspecified atom stereocenters. The summed E-state index contributed by atoms with van der Waals surface area (Å²) in [7, 11) is 0. The van der Waals surface area contributed by atoms with Crippen LogP contribution in [0.3, 0.4) is 0 Å². The van der Waals surface area contributed by atoms with E-state index in [9.17, 15) is 19.8 Å². The van der Waals surface area contributed by atoms with Crippen molar-refractivity contribution in [3.8, 4) is 5.75 Å². The number of aliphatic carboxylic acids is 1. The van der Waals surface area contributed by atoms with Gasteiger partial charge in [-0.05, 0) is 41.4 Å². The number of carboxylic acids is 2. The number of nitrogens with zero attached hydrogens (tertiary/aromatic N) is 1. The molecule has 0 N–H and O–H groups in total. The Morgan fingerprint density at radius 2 is 2.00 bits per heavy atom. The Morgan fingerprint density at radius 1 is 1.30 bits per heavy atom. The van der Waals surface area contributed by atoms with Crippen LogP contribution in [0.2, 0.25) is 0 Å². The summed E-state index contributed by atoms with van der Waals surface area (Å²) < 4.78 is 7.62. The molecule has 0 aliphatic carbocycles. The van der Waals surface area contributed by atoms with Crippen LogP contribution in [0.4, 0.5) is 0 Å². The number of carbonyl (C=O) groups is 2. The summed E-state index contributed by atoms with van der Waals surface area (Å²) in [5.74, 6) is -2.37. The van der Waals surface area contributed by atoms with E-state index < -0.39 is 18.5 Å². The first kappa shape index (κ1) is 17.3. The van der Waals surface area contributed by atoms with Crippen molar-refractivity contribution in [2.45, 2.75) is 33.2 Å². The van der Waals surface area contributed by atoms with E-state index in [0.29, 0.717) is 22.1 Å². The van der Waals surface area contributed by atoms with E-state index in [1.165, 1.54) is 6.07 Å². The molecule has 1 heterocycles. The number of aromatic nitrogens is 1. The Kier molecular flexibility index (Phi) is 5.30. The average Bonchev–Trinajstić information content (AvgIpc) is 2.73. The normalized spacial score (nSPS) is 10.9. The minimum Gasteiger partial charge on any atom is -0.546 e. The molecule has 0 saturated carbocycles. The largest absolute Gasteiger partial charge is 0.546 e. The van der Waals surface area contributed by atoms with Crippen LogP contribution < -0.4 is 14.9 Å². The van der Waals surface area contributed by atoms with Crippen molar-refractivity contribution in [1.82, 2.24) is 4.57 Å². The minimum absolute atomic E-state index is 0.0990. The smallest absolute Gasteiger partial charge is 0.134 e. The maximum atomic E-state index is 11.5. The van der Waals surface area contributed by atoms with Crippen LogP contribution in [0, 0.1) is 6.92 Å². The fourth-order valence-corrected chi connectivity index (χ4v) is 3.03. The van der Waals surface area contributed by atoms with Crippen LogP contribution in [0.25, 0.3) is 10.9 Å². The van der Waals surface area contributed by atoms with Crippen molar-refractivity contribution < 1.29 is 24.5 Å². The van der Waals surface area contributed by atoms with Crippen LogP contribution in [0.1, 0.15) is 35.8 Å². The van der Waals surface area contributed by atoms with E-state index in [4.69, 9.17) is 4.74 Å². The third kappa shape index (κ3) is 3.50. The van der Waals surface area contributed by atoms with Crippen molar-refractivity contribution >= 4 is 38.8 Å². The Morgan fingerprint density at radius 3 is 2.57 bits per heavy atom. The van der Waals surface area contributed by atoms with E-state index in [1.54, 1.807) is 13.0 Å². The Balaban J connectivity index is 2.61. The molecule has 1 aromatic heterocycles. The number of unbranched alkanes of at least 4 members (excludes halogenated alkanes) is 1. The number of carboxylic acid groups (broad SMARTS) is 2. The van der Waals surface area contributed by atoms with Crippen LogP contribution >= 0.6 is 15.9 Å². The van der Waals surface area contributed by atoms with E-state index in [2.05, 4.69) is 22.9 Å². The molecule has 0 spiro atoms. The molecule has 0 bridgehead atoms. The molecule has 0 saturated heterocycles. The van der Waals surface area contributed by atoms with Crippen molar-refractivity contribution in [2.24, 2.45) is 0 Å². The maximum Gasteiger partial charge on any atom is 0.134 e. The molecule has 0 fully saturated rings. The van der Waals surface area contributed by atoms with E-state index in [1.807, 2.05) is 4.57 Å². The lowest BCUT2D eigenvalue weighted by molar-refractivity contribution is -0.307. The first-order valence-corrected chi connectivity index (χ1v) is 8.02. The highest BCUT2D eigenvalue weighted by molar-refractivity contribution is 9.10. The predicted molar refractivity (Wildman–Crippen MR) is 84.1 cm³/mol. The van der Waals surface area contributed by atoms with E-state index in [0.717, 1.165) is 18.4 Å². The molecular formula is C16H16BrNO5-2. The third-order valence-corrected chi connectivity index (χ3v) is 4.28. The second kappa shape index (κ2) is 7.04. The van der Waals surface area contributed by atoms with Gasteiger partial charge in [0.15, 0.2) is 0 Å². The number of carbonyl (C=O) groups excluding carboxylic acids is 2. The lowest BCUT2D eigenvalue weighted by Crippen LogP contribution is -2.29. The van der Waals surface area contributed by atoms with Gasteiger partial charge in [-0.1, -0.05) is 13.3 Å². The Labute approximate surface area is 141 Å². The summed E-state index contributed by atoms with van der Waals surface area (Å²) in [6, 6.07) is 3.25. The molecular weight excluding hydrogens is 366 g/mol. The van der Waals surface area contributed by atoms with Crippen LogP contribution in [-0.4, -0.2) is 23.1 Å². The SMILES string of the molecule is CCCCn1c(C)c(C(=O)[O-])c2cc(OCC(=O)[O-])c(Br)cc21. The number of halogens is 1. The molecule has 6 nitrogen and oxygen atoms in total. The van der Waals surface area contributed by atoms with Gasteiger partial charge in [-0.3, -0.25) is 0 Å². The van der Waals surface area contributed by atoms with Gasteiger partial charge in [-0.15, -0.1) is 0 Å². The van der Waals surface area contributed by atoms with Crippen molar-refractivity contribution in [3.05, 3.63) is 27.9 Å². The summed E-state index contributed by atoms with van der Waals surface area (Å²) in [6.45, 7) is 3.87. The summed E-state index contributed by atoms with van der Waals surface area (Å²) in [5, 5.41) is 22.5. The highest BCUT2D eigenvalue weighted by atomic mass is 79.9. The first-order chi connectivity index (χ1) is 10.9. The van der Waals surface area contributed by atoms with Gasteiger partial charge in [0, 0.05) is 23.2 Å². The number of hydrogen-bond donors (Lipinski definition) is 0. The molecule has 23 heavy (non-hydrogen) atoms. The Bertz CT molecular complexity index is 766. The number of ether oxygens (including phenoxy) is 1. The first-order valence-electron chi connectivity index (χ1n) is 7.23. The average molecular weight is 382 g/mol. The predicted octanol–water partition coefficient (Wildman–Crippen LogP) is 1.00. The summed E-state index contributed by atoms with van der Waals surface area (Å²) in [4.78, 5) is 22.0. The van der Waals surface area contributed by atoms with Gasteiger partial charge in [0.2, 0.25) is 0 Å². The van der Waals surface area contributed by atoms with Crippen LogP contribution in [0.15, 0.2) is 16.6 Å². The second-order valence-corrected chi connectivity index (χ2v) is 6.07. The van der Waals surface area contributed by atoms with Gasteiger partial charge in [0.05, 0.1) is 21.9 Å². The van der Waals surface area contributed by atoms with E-state index >= 15 is 0 Å². The highest BCUT2D eigenvalue weighted by Crippen LogP contribution is 2.35. The fourth-order valence-electron chi connectivity index (χ4n) is 2.59. The quantitative estimate of drug-likeness (QED) is 0.712. The number of rotatable bonds is 7. The molecule has 0 radical (unpaired) electrons.